The molecule has 0 radical (unpaired) electrons. The first-order valence-corrected chi connectivity index (χ1v) is 18.7. The van der Waals surface area contributed by atoms with Gasteiger partial charge in [-0.15, -0.1) is 0 Å². The van der Waals surface area contributed by atoms with Crippen molar-refractivity contribution in [2.45, 2.75) is 26.2 Å². The molecule has 2 nitrogen and oxygen atoms in total. The molecule has 0 aliphatic rings. The fraction of sp³-hybridized carbons (Fsp3) is 0.0769. The molecular formula is C52H44N2. The Kier molecular flexibility index (Phi) is 9.66. The molecule has 0 spiro atoms. The van der Waals surface area contributed by atoms with E-state index in [0.29, 0.717) is 0 Å². The van der Waals surface area contributed by atoms with Crippen LogP contribution in [0.25, 0.3) is 34.1 Å². The third-order valence-corrected chi connectivity index (χ3v) is 10.0. The minimum absolute atomic E-state index is 0.0926. The van der Waals surface area contributed by atoms with Crippen LogP contribution in [-0.4, -0.2) is 0 Å². The lowest BCUT2D eigenvalue weighted by molar-refractivity contribution is 0.590. The number of benzene rings is 8. The Bertz CT molecular complexity index is 2430. The molecule has 0 heterocycles. The van der Waals surface area contributed by atoms with Gasteiger partial charge in [0.15, 0.2) is 0 Å². The van der Waals surface area contributed by atoms with E-state index in [1.165, 1.54) is 33.2 Å². The van der Waals surface area contributed by atoms with Gasteiger partial charge in [0.05, 0.1) is 5.69 Å². The zero-order valence-corrected chi connectivity index (χ0v) is 31.1. The molecular weight excluding hydrogens is 653 g/mol. The maximum Gasteiger partial charge on any atom is 0.0540 e. The number of rotatable bonds is 9. The van der Waals surface area contributed by atoms with Crippen LogP contribution in [0.2, 0.25) is 0 Å². The predicted molar refractivity (Wildman–Crippen MR) is 233 cm³/mol. The van der Waals surface area contributed by atoms with Crippen LogP contribution in [0.1, 0.15) is 37.5 Å². The van der Waals surface area contributed by atoms with Crippen molar-refractivity contribution in [2.75, 3.05) is 9.80 Å². The fourth-order valence-corrected chi connectivity index (χ4v) is 7.06. The summed E-state index contributed by atoms with van der Waals surface area (Å²) >= 11 is 0. The first-order valence-electron chi connectivity index (χ1n) is 18.7. The van der Waals surface area contributed by atoms with Crippen LogP contribution in [0.4, 0.5) is 34.1 Å². The van der Waals surface area contributed by atoms with Crippen LogP contribution in [0.3, 0.4) is 0 Å². The summed E-state index contributed by atoms with van der Waals surface area (Å²) in [5.74, 6) is 0. The van der Waals surface area contributed by atoms with Gasteiger partial charge >= 0.3 is 0 Å². The Labute approximate surface area is 319 Å². The molecule has 0 aliphatic heterocycles. The molecule has 54 heavy (non-hydrogen) atoms. The quantitative estimate of drug-likeness (QED) is 0.139. The van der Waals surface area contributed by atoms with E-state index in [9.17, 15) is 0 Å². The molecule has 2 heteroatoms. The van der Waals surface area contributed by atoms with E-state index in [-0.39, 0.29) is 5.41 Å². The topological polar surface area (TPSA) is 6.48 Å². The summed E-state index contributed by atoms with van der Waals surface area (Å²) in [6.07, 6.45) is 4.36. The predicted octanol–water partition coefficient (Wildman–Crippen LogP) is 14.9. The van der Waals surface area contributed by atoms with E-state index in [1.54, 1.807) is 0 Å². The largest absolute Gasteiger partial charge is 0.311 e. The monoisotopic (exact) mass is 696 g/mol. The van der Waals surface area contributed by atoms with Gasteiger partial charge in [-0.2, -0.15) is 0 Å². The lowest BCUT2D eigenvalue weighted by atomic mass is 9.87. The van der Waals surface area contributed by atoms with E-state index < -0.39 is 0 Å². The SMILES string of the molecule is CC(C)(C)c1ccc(N(c2ccc(-c3ccc(C=Cc4ccc(N(c5ccccc5)c5ccccc5)cc4)cc3)cc2)c2cccc3ccccc23)cc1. The summed E-state index contributed by atoms with van der Waals surface area (Å²) in [4.78, 5) is 4.66. The molecule has 8 rings (SSSR count). The summed E-state index contributed by atoms with van der Waals surface area (Å²) in [7, 11) is 0. The molecule has 0 saturated carbocycles. The minimum Gasteiger partial charge on any atom is -0.311 e. The van der Waals surface area contributed by atoms with Gasteiger partial charge in [-0.1, -0.05) is 166 Å². The second-order valence-corrected chi connectivity index (χ2v) is 14.7. The van der Waals surface area contributed by atoms with Crippen molar-refractivity contribution in [3.8, 4) is 11.1 Å². The normalized spacial score (nSPS) is 11.5. The smallest absolute Gasteiger partial charge is 0.0540 e. The minimum atomic E-state index is 0.0926. The molecule has 0 saturated heterocycles. The van der Waals surface area contributed by atoms with Crippen LogP contribution >= 0.6 is 0 Å². The van der Waals surface area contributed by atoms with Crippen LogP contribution in [-0.2, 0) is 5.41 Å². The number of para-hydroxylation sites is 2. The molecule has 0 aromatic heterocycles. The molecule has 0 atom stereocenters. The number of hydrogen-bond donors (Lipinski definition) is 0. The first-order chi connectivity index (χ1) is 26.4. The van der Waals surface area contributed by atoms with Gasteiger partial charge in [0, 0.05) is 33.8 Å². The first kappa shape index (κ1) is 34.4. The van der Waals surface area contributed by atoms with Crippen molar-refractivity contribution in [3.63, 3.8) is 0 Å². The Morgan fingerprint density at radius 3 is 1.31 bits per heavy atom. The molecule has 0 fully saturated rings. The van der Waals surface area contributed by atoms with Gasteiger partial charge in [-0.05, 0) is 105 Å². The summed E-state index contributed by atoms with van der Waals surface area (Å²) in [5, 5.41) is 2.46. The fourth-order valence-electron chi connectivity index (χ4n) is 7.06. The highest BCUT2D eigenvalue weighted by Gasteiger charge is 2.18. The standard InChI is InChI=1S/C52H44N2/c1-52(2,3)44-31-37-49(38-32-44)54(51-20-12-14-43-13-10-11-19-50(43)51)48-35-29-42(30-36-48)41-27-23-39(24-28-41)21-22-40-25-33-47(34-26-40)53(45-15-6-4-7-16-45)46-17-8-5-9-18-46/h4-38H,1-3H3. The van der Waals surface area contributed by atoms with Crippen molar-refractivity contribution >= 4 is 57.0 Å². The lowest BCUT2D eigenvalue weighted by Crippen LogP contribution is -2.13. The van der Waals surface area contributed by atoms with Crippen molar-refractivity contribution in [1.29, 1.82) is 0 Å². The number of nitrogens with zero attached hydrogens (tertiary/aromatic N) is 2. The molecule has 0 bridgehead atoms. The Hall–Kier alpha value is -6.64. The molecule has 8 aromatic carbocycles. The van der Waals surface area contributed by atoms with Gasteiger partial charge in [-0.25, -0.2) is 0 Å². The van der Waals surface area contributed by atoms with Crippen molar-refractivity contribution in [3.05, 3.63) is 217 Å². The van der Waals surface area contributed by atoms with Crippen molar-refractivity contribution in [1.82, 2.24) is 0 Å². The van der Waals surface area contributed by atoms with Gasteiger partial charge in [-0.3, -0.25) is 0 Å². The second kappa shape index (κ2) is 15.1. The maximum atomic E-state index is 2.37. The van der Waals surface area contributed by atoms with E-state index in [1.807, 2.05) is 0 Å². The molecule has 0 aliphatic carbocycles. The van der Waals surface area contributed by atoms with Crippen LogP contribution in [0.5, 0.6) is 0 Å². The average molecular weight is 697 g/mol. The number of fused-ring (bicyclic) bond motifs is 1. The molecule has 0 amide bonds. The van der Waals surface area contributed by atoms with Gasteiger partial charge < -0.3 is 9.80 Å². The van der Waals surface area contributed by atoms with Gasteiger partial charge in [0.25, 0.3) is 0 Å². The van der Waals surface area contributed by atoms with E-state index >= 15 is 0 Å². The van der Waals surface area contributed by atoms with Crippen molar-refractivity contribution in [2.24, 2.45) is 0 Å². The second-order valence-electron chi connectivity index (χ2n) is 14.7. The zero-order chi connectivity index (χ0) is 36.9. The summed E-state index contributed by atoms with van der Waals surface area (Å²) in [6.45, 7) is 6.78. The van der Waals surface area contributed by atoms with Gasteiger partial charge in [0.1, 0.15) is 0 Å². The third-order valence-electron chi connectivity index (χ3n) is 10.0. The Morgan fingerprint density at radius 1 is 0.352 bits per heavy atom. The lowest BCUT2D eigenvalue weighted by Gasteiger charge is -2.28. The van der Waals surface area contributed by atoms with Crippen molar-refractivity contribution < 1.29 is 0 Å². The highest BCUT2D eigenvalue weighted by molar-refractivity contribution is 5.99. The zero-order valence-electron chi connectivity index (χ0n) is 31.1. The van der Waals surface area contributed by atoms with Crippen LogP contribution in [0, 0.1) is 0 Å². The number of hydrogen-bond acceptors (Lipinski definition) is 2. The Balaban J connectivity index is 1.02. The van der Waals surface area contributed by atoms with Crippen LogP contribution in [0.15, 0.2) is 200 Å². The molecule has 0 N–H and O–H groups in total. The highest BCUT2D eigenvalue weighted by atomic mass is 15.1. The summed E-state index contributed by atoms with van der Waals surface area (Å²) in [6, 6.07) is 71.7. The maximum absolute atomic E-state index is 2.37. The third kappa shape index (κ3) is 7.46. The molecule has 0 unspecified atom stereocenters. The highest BCUT2D eigenvalue weighted by Crippen LogP contribution is 2.40. The number of anilines is 6. The van der Waals surface area contributed by atoms with E-state index in [2.05, 4.69) is 243 Å². The van der Waals surface area contributed by atoms with E-state index in [4.69, 9.17) is 0 Å². The summed E-state index contributed by atoms with van der Waals surface area (Å²) < 4.78 is 0. The summed E-state index contributed by atoms with van der Waals surface area (Å²) in [5.41, 5.74) is 12.9. The van der Waals surface area contributed by atoms with E-state index in [0.717, 1.165) is 39.6 Å². The van der Waals surface area contributed by atoms with Gasteiger partial charge in [0.2, 0.25) is 0 Å². The van der Waals surface area contributed by atoms with Crippen LogP contribution < -0.4 is 9.80 Å². The molecule has 8 aromatic rings. The Morgan fingerprint density at radius 2 is 0.759 bits per heavy atom. The molecule has 262 valence electrons. The average Bonchev–Trinajstić information content (AvgIpc) is 3.22.